The van der Waals surface area contributed by atoms with Crippen molar-refractivity contribution in [2.24, 2.45) is 0 Å². The number of nitrogens with zero attached hydrogens (tertiary/aromatic N) is 1. The van der Waals surface area contributed by atoms with Gasteiger partial charge in [0.1, 0.15) is 5.69 Å². The molecule has 1 aromatic rings. The van der Waals surface area contributed by atoms with Gasteiger partial charge in [0.2, 0.25) is 0 Å². The van der Waals surface area contributed by atoms with Crippen LogP contribution in [0.5, 0.6) is 0 Å². The van der Waals surface area contributed by atoms with Crippen molar-refractivity contribution in [2.45, 2.75) is 26.7 Å². The number of hydrogen-bond acceptors (Lipinski definition) is 5. The summed E-state index contributed by atoms with van der Waals surface area (Å²) in [6.45, 7) is 4.88. The zero-order chi connectivity index (χ0) is 15.8. The maximum Gasteiger partial charge on any atom is 0.303 e. The predicted molar refractivity (Wildman–Crippen MR) is 78.7 cm³/mol. The summed E-state index contributed by atoms with van der Waals surface area (Å²) < 4.78 is 5.26. The molecule has 0 saturated heterocycles. The Kier molecular flexibility index (Phi) is 6.61. The zero-order valence-corrected chi connectivity index (χ0v) is 12.2. The highest BCUT2D eigenvalue weighted by Gasteiger charge is 2.14. The van der Waals surface area contributed by atoms with Gasteiger partial charge in [0.05, 0.1) is 11.5 Å². The largest absolute Gasteiger partial charge is 0.481 e. The van der Waals surface area contributed by atoms with Crippen LogP contribution < -0.4 is 5.32 Å². The number of aliphatic carboxylic acids is 1. The number of carboxylic acid groups (broad SMARTS) is 1. The van der Waals surface area contributed by atoms with Crippen LogP contribution in [0.3, 0.4) is 0 Å². The highest BCUT2D eigenvalue weighted by molar-refractivity contribution is 5.66. The number of carboxylic acids is 1. The van der Waals surface area contributed by atoms with Gasteiger partial charge < -0.3 is 15.2 Å². The Morgan fingerprint density at radius 1 is 1.33 bits per heavy atom. The van der Waals surface area contributed by atoms with Crippen LogP contribution in [0, 0.1) is 24.0 Å². The normalized spacial score (nSPS) is 10.4. The van der Waals surface area contributed by atoms with Crippen molar-refractivity contribution in [1.82, 2.24) is 0 Å². The van der Waals surface area contributed by atoms with Gasteiger partial charge in [0.15, 0.2) is 0 Å². The van der Waals surface area contributed by atoms with Gasteiger partial charge >= 0.3 is 5.97 Å². The van der Waals surface area contributed by atoms with Crippen molar-refractivity contribution in [1.29, 1.82) is 0 Å². The molecule has 2 N–H and O–H groups in total. The van der Waals surface area contributed by atoms with Crippen LogP contribution in [0.2, 0.25) is 0 Å². The number of benzene rings is 1. The second-order valence-corrected chi connectivity index (χ2v) is 4.75. The number of nitrogens with one attached hydrogen (secondary N) is 1. The Labute approximate surface area is 123 Å². The van der Waals surface area contributed by atoms with Crippen LogP contribution in [0.1, 0.15) is 24.0 Å². The van der Waals surface area contributed by atoms with Crippen molar-refractivity contribution in [2.75, 3.05) is 25.1 Å². The summed E-state index contributed by atoms with van der Waals surface area (Å²) in [4.78, 5) is 20.9. The molecular formula is C14H20N2O5. The van der Waals surface area contributed by atoms with Crippen LogP contribution in [-0.4, -0.2) is 35.8 Å². The molecule has 7 heteroatoms. The predicted octanol–water partition coefficient (Wildman–Crippen LogP) is 2.50. The summed E-state index contributed by atoms with van der Waals surface area (Å²) in [6.07, 6.45) is 0.537. The molecule has 0 aliphatic heterocycles. The van der Waals surface area contributed by atoms with Crippen molar-refractivity contribution >= 4 is 17.3 Å². The second-order valence-electron chi connectivity index (χ2n) is 4.75. The fourth-order valence-electron chi connectivity index (χ4n) is 1.78. The maximum atomic E-state index is 11.0. The molecule has 7 nitrogen and oxygen atoms in total. The van der Waals surface area contributed by atoms with Gasteiger partial charge in [-0.1, -0.05) is 0 Å². The molecule has 1 rings (SSSR count). The van der Waals surface area contributed by atoms with Crippen LogP contribution in [0.4, 0.5) is 11.4 Å². The smallest absolute Gasteiger partial charge is 0.303 e. The van der Waals surface area contributed by atoms with Crippen molar-refractivity contribution in [3.63, 3.8) is 0 Å². The van der Waals surface area contributed by atoms with E-state index < -0.39 is 10.9 Å². The van der Waals surface area contributed by atoms with Gasteiger partial charge in [-0.15, -0.1) is 0 Å². The highest BCUT2D eigenvalue weighted by Crippen LogP contribution is 2.27. The molecule has 116 valence electrons. The SMILES string of the molecule is Cc1cc(NCCOCCCC(=O)O)c([N+](=O)[O-])cc1C. The van der Waals surface area contributed by atoms with Crippen molar-refractivity contribution < 1.29 is 19.6 Å². The minimum atomic E-state index is -0.845. The molecule has 0 atom stereocenters. The third-order valence-electron chi connectivity index (χ3n) is 3.05. The first-order chi connectivity index (χ1) is 9.91. The van der Waals surface area contributed by atoms with Gasteiger partial charge in [-0.2, -0.15) is 0 Å². The van der Waals surface area contributed by atoms with E-state index in [4.69, 9.17) is 9.84 Å². The molecule has 0 heterocycles. The number of nitro groups is 1. The number of hydrogen-bond donors (Lipinski definition) is 2. The minimum Gasteiger partial charge on any atom is -0.481 e. The van der Waals surface area contributed by atoms with Crippen LogP contribution in [0.25, 0.3) is 0 Å². The summed E-state index contributed by atoms with van der Waals surface area (Å²) in [5.74, 6) is -0.845. The molecule has 0 spiro atoms. The Bertz CT molecular complexity index is 516. The third-order valence-corrected chi connectivity index (χ3v) is 3.05. The molecule has 0 aromatic heterocycles. The van der Waals surface area contributed by atoms with E-state index in [1.165, 1.54) is 0 Å². The fraction of sp³-hybridized carbons (Fsp3) is 0.500. The summed E-state index contributed by atoms with van der Waals surface area (Å²) in [7, 11) is 0. The summed E-state index contributed by atoms with van der Waals surface area (Å²) in [6, 6.07) is 3.29. The number of ether oxygens (including phenoxy) is 1. The van der Waals surface area contributed by atoms with E-state index in [2.05, 4.69) is 5.32 Å². The highest BCUT2D eigenvalue weighted by atomic mass is 16.6. The van der Waals surface area contributed by atoms with Crippen molar-refractivity contribution in [3.05, 3.63) is 33.4 Å². The van der Waals surface area contributed by atoms with E-state index in [0.717, 1.165) is 11.1 Å². The average molecular weight is 296 g/mol. The first-order valence-electron chi connectivity index (χ1n) is 6.71. The standard InChI is InChI=1S/C14H20N2O5/c1-10-8-12(13(16(19)20)9-11(10)2)15-5-7-21-6-3-4-14(17)18/h8-9,15H,3-7H2,1-2H3,(H,17,18). The maximum absolute atomic E-state index is 11.0. The Morgan fingerprint density at radius 3 is 2.62 bits per heavy atom. The van der Waals surface area contributed by atoms with Gasteiger partial charge in [0, 0.05) is 25.6 Å². The van der Waals surface area contributed by atoms with E-state index in [0.29, 0.717) is 31.9 Å². The Balaban J connectivity index is 2.43. The molecule has 0 bridgehead atoms. The lowest BCUT2D eigenvalue weighted by atomic mass is 10.1. The quantitative estimate of drug-likeness (QED) is 0.412. The molecular weight excluding hydrogens is 276 g/mol. The lowest BCUT2D eigenvalue weighted by Crippen LogP contribution is -2.12. The number of nitro benzene ring substituents is 1. The molecule has 1 aromatic carbocycles. The van der Waals surface area contributed by atoms with E-state index >= 15 is 0 Å². The summed E-state index contributed by atoms with van der Waals surface area (Å²) in [5.41, 5.74) is 2.36. The van der Waals surface area contributed by atoms with Gasteiger partial charge in [-0.05, 0) is 37.5 Å². The number of aryl methyl sites for hydroxylation is 2. The van der Waals surface area contributed by atoms with Crippen LogP contribution >= 0.6 is 0 Å². The topological polar surface area (TPSA) is 102 Å². The Morgan fingerprint density at radius 2 is 2.00 bits per heavy atom. The zero-order valence-electron chi connectivity index (χ0n) is 12.2. The van der Waals surface area contributed by atoms with Crippen LogP contribution in [0.15, 0.2) is 12.1 Å². The molecule has 0 amide bonds. The summed E-state index contributed by atoms with van der Waals surface area (Å²) >= 11 is 0. The van der Waals surface area contributed by atoms with E-state index in [9.17, 15) is 14.9 Å². The van der Waals surface area contributed by atoms with Crippen molar-refractivity contribution in [3.8, 4) is 0 Å². The Hall–Kier alpha value is -2.15. The first kappa shape index (κ1) is 16.9. The monoisotopic (exact) mass is 296 g/mol. The summed E-state index contributed by atoms with van der Waals surface area (Å²) in [5, 5.41) is 22.4. The number of anilines is 1. The fourth-order valence-corrected chi connectivity index (χ4v) is 1.78. The number of carbonyl (C=O) groups is 1. The average Bonchev–Trinajstić information content (AvgIpc) is 2.40. The molecule has 0 aliphatic carbocycles. The number of rotatable bonds is 9. The lowest BCUT2D eigenvalue weighted by molar-refractivity contribution is -0.384. The third kappa shape index (κ3) is 5.78. The van der Waals surface area contributed by atoms with Gasteiger partial charge in [0.25, 0.3) is 5.69 Å². The second kappa shape index (κ2) is 8.21. The van der Waals surface area contributed by atoms with Gasteiger partial charge in [-0.25, -0.2) is 0 Å². The lowest BCUT2D eigenvalue weighted by Gasteiger charge is -2.10. The minimum absolute atomic E-state index is 0.0453. The molecule has 0 unspecified atom stereocenters. The van der Waals surface area contributed by atoms with E-state index in [1.54, 1.807) is 12.1 Å². The molecule has 0 radical (unpaired) electrons. The van der Waals surface area contributed by atoms with E-state index in [1.807, 2.05) is 13.8 Å². The van der Waals surface area contributed by atoms with Gasteiger partial charge in [-0.3, -0.25) is 14.9 Å². The molecule has 21 heavy (non-hydrogen) atoms. The van der Waals surface area contributed by atoms with Crippen LogP contribution in [-0.2, 0) is 9.53 Å². The molecule has 0 aliphatic rings. The molecule has 0 saturated carbocycles. The van der Waals surface area contributed by atoms with E-state index in [-0.39, 0.29) is 12.1 Å². The molecule has 0 fully saturated rings. The first-order valence-corrected chi connectivity index (χ1v) is 6.71.